The molecule has 3 nitrogen and oxygen atoms in total. The van der Waals surface area contributed by atoms with E-state index < -0.39 is 10.0 Å². The summed E-state index contributed by atoms with van der Waals surface area (Å²) in [7, 11) is -3.13. The number of benzene rings is 1. The summed E-state index contributed by atoms with van der Waals surface area (Å²) in [5.74, 6) is 0.139. The smallest absolute Gasteiger partial charge is 0.212 e. The molecule has 0 aromatic heterocycles. The molecule has 4 heteroatoms. The van der Waals surface area contributed by atoms with Gasteiger partial charge in [-0.25, -0.2) is 12.7 Å². The molecule has 1 aromatic carbocycles. The number of sulfonamides is 1. The lowest BCUT2D eigenvalue weighted by atomic mass is 10.1. The van der Waals surface area contributed by atoms with E-state index in [1.165, 1.54) is 0 Å². The van der Waals surface area contributed by atoms with Crippen molar-refractivity contribution in [2.24, 2.45) is 0 Å². The predicted molar refractivity (Wildman–Crippen MR) is 69.2 cm³/mol. The lowest BCUT2D eigenvalue weighted by Gasteiger charge is -2.26. The maximum atomic E-state index is 12.2. The van der Waals surface area contributed by atoms with Gasteiger partial charge in [0.1, 0.15) is 0 Å². The van der Waals surface area contributed by atoms with Crippen LogP contribution in [-0.4, -0.2) is 25.8 Å². The summed E-state index contributed by atoms with van der Waals surface area (Å²) >= 11 is 0. The van der Waals surface area contributed by atoms with Gasteiger partial charge in [0.15, 0.2) is 0 Å². The summed E-state index contributed by atoms with van der Waals surface area (Å²) in [5, 5.41) is 0. The molecule has 94 valence electrons. The molecule has 0 atom stereocenters. The summed E-state index contributed by atoms with van der Waals surface area (Å²) in [4.78, 5) is 0. The van der Waals surface area contributed by atoms with Crippen molar-refractivity contribution in [3.05, 3.63) is 35.4 Å². The Kier molecular flexibility index (Phi) is 3.84. The van der Waals surface area contributed by atoms with Crippen molar-refractivity contribution < 1.29 is 8.42 Å². The molecule has 1 aliphatic rings. The number of aryl methyl sites for hydroxylation is 1. The Balaban J connectivity index is 2.14. The number of hydrogen-bond acceptors (Lipinski definition) is 2. The summed E-state index contributed by atoms with van der Waals surface area (Å²) in [6, 6.07) is 7.69. The van der Waals surface area contributed by atoms with Crippen LogP contribution in [0.2, 0.25) is 0 Å². The zero-order chi connectivity index (χ0) is 12.3. The van der Waals surface area contributed by atoms with E-state index in [2.05, 4.69) is 0 Å². The maximum absolute atomic E-state index is 12.2. The fourth-order valence-corrected chi connectivity index (χ4v) is 3.92. The van der Waals surface area contributed by atoms with Crippen molar-refractivity contribution in [2.75, 3.05) is 13.1 Å². The molecule has 1 fully saturated rings. The Labute approximate surface area is 104 Å². The van der Waals surface area contributed by atoms with Crippen LogP contribution in [0.3, 0.4) is 0 Å². The molecule has 1 saturated heterocycles. The fourth-order valence-electron chi connectivity index (χ4n) is 2.20. The van der Waals surface area contributed by atoms with Crippen molar-refractivity contribution in [2.45, 2.75) is 31.9 Å². The van der Waals surface area contributed by atoms with Gasteiger partial charge in [-0.2, -0.15) is 0 Å². The van der Waals surface area contributed by atoms with Crippen LogP contribution < -0.4 is 0 Å². The molecule has 1 aromatic rings. The van der Waals surface area contributed by atoms with Gasteiger partial charge in [-0.3, -0.25) is 0 Å². The van der Waals surface area contributed by atoms with E-state index in [0.717, 1.165) is 30.4 Å². The van der Waals surface area contributed by atoms with Gasteiger partial charge in [-0.15, -0.1) is 0 Å². The third kappa shape index (κ3) is 3.07. The van der Waals surface area contributed by atoms with Gasteiger partial charge in [-0.1, -0.05) is 30.7 Å². The van der Waals surface area contributed by atoms with Crippen LogP contribution in [0.25, 0.3) is 0 Å². The monoisotopic (exact) mass is 253 g/mol. The van der Waals surface area contributed by atoms with Crippen LogP contribution in [0.5, 0.6) is 0 Å². The SMILES string of the molecule is Cc1ccccc1CS(=O)(=O)N1CCCCC1. The molecule has 1 aliphatic heterocycles. The Bertz CT molecular complexity index is 476. The van der Waals surface area contributed by atoms with Crippen molar-refractivity contribution in [1.29, 1.82) is 0 Å². The Morgan fingerprint density at radius 2 is 1.76 bits per heavy atom. The highest BCUT2D eigenvalue weighted by atomic mass is 32.2. The van der Waals surface area contributed by atoms with Crippen molar-refractivity contribution in [1.82, 2.24) is 4.31 Å². The van der Waals surface area contributed by atoms with E-state index in [1.807, 2.05) is 31.2 Å². The van der Waals surface area contributed by atoms with E-state index in [0.29, 0.717) is 13.1 Å². The van der Waals surface area contributed by atoms with E-state index in [9.17, 15) is 8.42 Å². The minimum Gasteiger partial charge on any atom is -0.212 e. The molecule has 0 bridgehead atoms. The van der Waals surface area contributed by atoms with Crippen LogP contribution >= 0.6 is 0 Å². The number of piperidine rings is 1. The second-order valence-corrected chi connectivity index (χ2v) is 6.61. The van der Waals surface area contributed by atoms with Crippen molar-refractivity contribution in [3.63, 3.8) is 0 Å². The summed E-state index contributed by atoms with van der Waals surface area (Å²) in [5.41, 5.74) is 1.96. The van der Waals surface area contributed by atoms with Gasteiger partial charge >= 0.3 is 0 Å². The topological polar surface area (TPSA) is 37.4 Å². The normalized spacial score (nSPS) is 18.2. The first-order valence-corrected chi connectivity index (χ1v) is 7.73. The number of rotatable bonds is 3. The first-order chi connectivity index (χ1) is 8.09. The van der Waals surface area contributed by atoms with Crippen LogP contribution in [0, 0.1) is 6.92 Å². The van der Waals surface area contributed by atoms with Gasteiger partial charge in [-0.05, 0) is 30.9 Å². The standard InChI is InChI=1S/C13H19NO2S/c1-12-7-3-4-8-13(12)11-17(15,16)14-9-5-2-6-10-14/h3-4,7-8H,2,5-6,9-11H2,1H3. The Morgan fingerprint density at radius 1 is 1.12 bits per heavy atom. The molecule has 1 heterocycles. The van der Waals surface area contributed by atoms with Gasteiger partial charge < -0.3 is 0 Å². The van der Waals surface area contributed by atoms with Crippen molar-refractivity contribution in [3.8, 4) is 0 Å². The maximum Gasteiger partial charge on any atom is 0.218 e. The predicted octanol–water partition coefficient (Wildman–Crippen LogP) is 2.31. The third-order valence-corrected chi connectivity index (χ3v) is 5.14. The highest BCUT2D eigenvalue weighted by Crippen LogP contribution is 2.18. The van der Waals surface area contributed by atoms with Crippen LogP contribution in [-0.2, 0) is 15.8 Å². The van der Waals surface area contributed by atoms with Gasteiger partial charge in [0.05, 0.1) is 5.75 Å². The first kappa shape index (κ1) is 12.6. The first-order valence-electron chi connectivity index (χ1n) is 6.12. The van der Waals surface area contributed by atoms with Crippen LogP contribution in [0.4, 0.5) is 0 Å². The molecule has 2 rings (SSSR count). The van der Waals surface area contributed by atoms with Crippen LogP contribution in [0.1, 0.15) is 30.4 Å². The number of hydrogen-bond donors (Lipinski definition) is 0. The molecule has 0 aliphatic carbocycles. The van der Waals surface area contributed by atoms with Crippen LogP contribution in [0.15, 0.2) is 24.3 Å². The molecule has 0 N–H and O–H groups in total. The highest BCUT2D eigenvalue weighted by molar-refractivity contribution is 7.88. The lowest BCUT2D eigenvalue weighted by Crippen LogP contribution is -2.36. The molecule has 0 radical (unpaired) electrons. The van der Waals surface area contributed by atoms with Gasteiger partial charge in [0.25, 0.3) is 0 Å². The zero-order valence-corrected chi connectivity index (χ0v) is 11.0. The Hall–Kier alpha value is -0.870. The minimum absolute atomic E-state index is 0.139. The summed E-state index contributed by atoms with van der Waals surface area (Å²) in [6.45, 7) is 3.34. The molecule has 0 unspecified atom stereocenters. The molecule has 0 amide bonds. The molecular weight excluding hydrogens is 234 g/mol. The van der Waals surface area contributed by atoms with E-state index in [1.54, 1.807) is 4.31 Å². The molecule has 17 heavy (non-hydrogen) atoms. The molecule has 0 saturated carbocycles. The number of nitrogens with zero attached hydrogens (tertiary/aromatic N) is 1. The quantitative estimate of drug-likeness (QED) is 0.829. The minimum atomic E-state index is -3.13. The zero-order valence-electron chi connectivity index (χ0n) is 10.2. The van der Waals surface area contributed by atoms with E-state index in [-0.39, 0.29) is 5.75 Å². The second-order valence-electron chi connectivity index (χ2n) is 4.64. The second kappa shape index (κ2) is 5.19. The summed E-state index contributed by atoms with van der Waals surface area (Å²) in [6.07, 6.45) is 3.14. The summed E-state index contributed by atoms with van der Waals surface area (Å²) < 4.78 is 26.1. The highest BCUT2D eigenvalue weighted by Gasteiger charge is 2.24. The van der Waals surface area contributed by atoms with Crippen molar-refractivity contribution >= 4 is 10.0 Å². The average molecular weight is 253 g/mol. The Morgan fingerprint density at radius 3 is 2.41 bits per heavy atom. The molecule has 0 spiro atoms. The molecular formula is C13H19NO2S. The van der Waals surface area contributed by atoms with E-state index >= 15 is 0 Å². The fraction of sp³-hybridized carbons (Fsp3) is 0.538. The average Bonchev–Trinajstić information content (AvgIpc) is 2.33. The third-order valence-electron chi connectivity index (χ3n) is 3.31. The largest absolute Gasteiger partial charge is 0.218 e. The lowest BCUT2D eigenvalue weighted by molar-refractivity contribution is 0.346. The van der Waals surface area contributed by atoms with Gasteiger partial charge in [0, 0.05) is 13.1 Å². The van der Waals surface area contributed by atoms with Gasteiger partial charge in [0.2, 0.25) is 10.0 Å². The van der Waals surface area contributed by atoms with E-state index in [4.69, 9.17) is 0 Å².